The molecule has 0 spiro atoms. The van der Waals surface area contributed by atoms with E-state index in [1.807, 2.05) is 44.2 Å². The van der Waals surface area contributed by atoms with E-state index in [9.17, 15) is 9.90 Å². The number of amides is 1. The van der Waals surface area contributed by atoms with E-state index in [1.54, 1.807) is 0 Å². The SMILES string of the molecule is CC(C)(CO)CNC(=O)c1cn[nH]c1-c1ccccc1. The zero-order valence-corrected chi connectivity index (χ0v) is 11.7. The molecule has 1 heterocycles. The maximum atomic E-state index is 12.2. The van der Waals surface area contributed by atoms with Gasteiger partial charge in [-0.15, -0.1) is 0 Å². The van der Waals surface area contributed by atoms with E-state index in [1.165, 1.54) is 6.20 Å². The molecule has 5 heteroatoms. The molecule has 0 aliphatic heterocycles. The standard InChI is InChI=1S/C15H19N3O2/c1-15(2,10-19)9-16-14(20)12-8-17-18-13(12)11-6-4-3-5-7-11/h3-8,19H,9-10H2,1-2H3,(H,16,20)(H,17,18). The number of benzene rings is 1. The van der Waals surface area contributed by atoms with E-state index in [0.717, 1.165) is 5.56 Å². The summed E-state index contributed by atoms with van der Waals surface area (Å²) in [6.07, 6.45) is 1.52. The van der Waals surface area contributed by atoms with E-state index >= 15 is 0 Å². The van der Waals surface area contributed by atoms with Gasteiger partial charge in [0.1, 0.15) is 0 Å². The first-order valence-corrected chi connectivity index (χ1v) is 6.51. The van der Waals surface area contributed by atoms with E-state index < -0.39 is 0 Å². The molecular weight excluding hydrogens is 254 g/mol. The Kier molecular flexibility index (Phi) is 4.20. The number of carbonyl (C=O) groups is 1. The fourth-order valence-corrected chi connectivity index (χ4v) is 1.75. The topological polar surface area (TPSA) is 78.0 Å². The van der Waals surface area contributed by atoms with Gasteiger partial charge in [-0.05, 0) is 0 Å². The highest BCUT2D eigenvalue weighted by Gasteiger charge is 2.20. The van der Waals surface area contributed by atoms with Gasteiger partial charge in [0.2, 0.25) is 0 Å². The van der Waals surface area contributed by atoms with Gasteiger partial charge in [-0.1, -0.05) is 44.2 Å². The number of aromatic nitrogens is 2. The van der Waals surface area contributed by atoms with Crippen molar-refractivity contribution < 1.29 is 9.90 Å². The van der Waals surface area contributed by atoms with E-state index in [0.29, 0.717) is 17.8 Å². The molecule has 0 saturated carbocycles. The molecule has 2 rings (SSSR count). The fraction of sp³-hybridized carbons (Fsp3) is 0.333. The monoisotopic (exact) mass is 273 g/mol. The number of aliphatic hydroxyl groups excluding tert-OH is 1. The zero-order valence-electron chi connectivity index (χ0n) is 11.7. The van der Waals surface area contributed by atoms with Crippen LogP contribution in [0.2, 0.25) is 0 Å². The van der Waals surface area contributed by atoms with Crippen LogP contribution in [0.4, 0.5) is 0 Å². The largest absolute Gasteiger partial charge is 0.396 e. The minimum absolute atomic E-state index is 0.0181. The Hall–Kier alpha value is -2.14. The molecule has 0 aliphatic carbocycles. The first-order chi connectivity index (χ1) is 9.53. The highest BCUT2D eigenvalue weighted by Crippen LogP contribution is 2.20. The molecule has 0 aliphatic rings. The van der Waals surface area contributed by atoms with Gasteiger partial charge in [0.25, 0.3) is 5.91 Å². The van der Waals surface area contributed by atoms with Crippen LogP contribution in [0.1, 0.15) is 24.2 Å². The number of nitrogens with zero attached hydrogens (tertiary/aromatic N) is 1. The lowest BCUT2D eigenvalue weighted by Crippen LogP contribution is -2.36. The zero-order chi connectivity index (χ0) is 14.6. The number of hydrogen-bond donors (Lipinski definition) is 3. The third kappa shape index (κ3) is 3.24. The lowest BCUT2D eigenvalue weighted by molar-refractivity contribution is 0.0912. The van der Waals surface area contributed by atoms with Gasteiger partial charge in [-0.3, -0.25) is 9.89 Å². The smallest absolute Gasteiger partial charge is 0.255 e. The molecule has 20 heavy (non-hydrogen) atoms. The summed E-state index contributed by atoms with van der Waals surface area (Å²) in [7, 11) is 0. The first-order valence-electron chi connectivity index (χ1n) is 6.51. The number of rotatable bonds is 5. The van der Waals surface area contributed by atoms with Crippen molar-refractivity contribution in [2.45, 2.75) is 13.8 Å². The summed E-state index contributed by atoms with van der Waals surface area (Å²) < 4.78 is 0. The quantitative estimate of drug-likeness (QED) is 0.777. The van der Waals surface area contributed by atoms with Crippen LogP contribution in [0.3, 0.4) is 0 Å². The molecular formula is C15H19N3O2. The summed E-state index contributed by atoms with van der Waals surface area (Å²) in [5.74, 6) is -0.195. The Morgan fingerprint density at radius 2 is 2.05 bits per heavy atom. The Labute approximate surface area is 118 Å². The molecule has 0 saturated heterocycles. The molecule has 0 bridgehead atoms. The highest BCUT2D eigenvalue weighted by molar-refractivity contribution is 5.99. The molecule has 1 aromatic heterocycles. The Balaban J connectivity index is 2.14. The highest BCUT2D eigenvalue weighted by atomic mass is 16.3. The van der Waals surface area contributed by atoms with Crippen LogP contribution in [-0.4, -0.2) is 34.4 Å². The fourth-order valence-electron chi connectivity index (χ4n) is 1.75. The average Bonchev–Trinajstić information content (AvgIpc) is 2.95. The van der Waals surface area contributed by atoms with Crippen molar-refractivity contribution in [1.82, 2.24) is 15.5 Å². The maximum Gasteiger partial charge on any atom is 0.255 e. The summed E-state index contributed by atoms with van der Waals surface area (Å²) in [6, 6.07) is 9.58. The van der Waals surface area contributed by atoms with Gasteiger partial charge >= 0.3 is 0 Å². The van der Waals surface area contributed by atoms with E-state index in [-0.39, 0.29) is 17.9 Å². The van der Waals surface area contributed by atoms with Crippen LogP contribution >= 0.6 is 0 Å². The van der Waals surface area contributed by atoms with Crippen LogP contribution in [0, 0.1) is 5.41 Å². The molecule has 2 aromatic rings. The average molecular weight is 273 g/mol. The van der Waals surface area contributed by atoms with E-state index in [4.69, 9.17) is 0 Å². The number of carbonyl (C=O) groups excluding carboxylic acids is 1. The maximum absolute atomic E-state index is 12.2. The Morgan fingerprint density at radius 1 is 1.35 bits per heavy atom. The van der Waals surface area contributed by atoms with Crippen molar-refractivity contribution in [2.75, 3.05) is 13.2 Å². The minimum Gasteiger partial charge on any atom is -0.396 e. The third-order valence-corrected chi connectivity index (χ3v) is 3.10. The number of aliphatic hydroxyl groups is 1. The molecule has 106 valence electrons. The second-order valence-corrected chi connectivity index (χ2v) is 5.53. The van der Waals surface area contributed by atoms with Gasteiger partial charge in [-0.25, -0.2) is 0 Å². The summed E-state index contributed by atoms with van der Waals surface area (Å²) in [4.78, 5) is 12.2. The normalized spacial score (nSPS) is 11.3. The first kappa shape index (κ1) is 14.3. The van der Waals surface area contributed by atoms with Crippen LogP contribution in [0.15, 0.2) is 36.5 Å². The number of H-pyrrole nitrogens is 1. The van der Waals surface area contributed by atoms with Gasteiger partial charge in [0.15, 0.2) is 0 Å². The van der Waals surface area contributed by atoms with Crippen molar-refractivity contribution in [3.05, 3.63) is 42.1 Å². The summed E-state index contributed by atoms with van der Waals surface area (Å²) >= 11 is 0. The Bertz CT molecular complexity index is 576. The van der Waals surface area contributed by atoms with Gasteiger partial charge in [0.05, 0.1) is 17.5 Å². The molecule has 0 atom stereocenters. The summed E-state index contributed by atoms with van der Waals surface area (Å²) in [6.45, 7) is 4.20. The molecule has 0 radical (unpaired) electrons. The van der Waals surface area contributed by atoms with Crippen molar-refractivity contribution in [3.63, 3.8) is 0 Å². The van der Waals surface area contributed by atoms with Crippen molar-refractivity contribution in [1.29, 1.82) is 0 Å². The van der Waals surface area contributed by atoms with Gasteiger partial charge < -0.3 is 10.4 Å². The predicted octanol–water partition coefficient (Wildman–Crippen LogP) is 1.83. The van der Waals surface area contributed by atoms with Crippen molar-refractivity contribution >= 4 is 5.91 Å². The van der Waals surface area contributed by atoms with E-state index in [2.05, 4.69) is 15.5 Å². The molecule has 5 nitrogen and oxygen atoms in total. The third-order valence-electron chi connectivity index (χ3n) is 3.10. The van der Waals surface area contributed by atoms with Gasteiger partial charge in [-0.2, -0.15) is 5.10 Å². The van der Waals surface area contributed by atoms with Crippen molar-refractivity contribution in [3.8, 4) is 11.3 Å². The number of aromatic amines is 1. The van der Waals surface area contributed by atoms with Crippen LogP contribution in [-0.2, 0) is 0 Å². The van der Waals surface area contributed by atoms with Crippen LogP contribution in [0.25, 0.3) is 11.3 Å². The lowest BCUT2D eigenvalue weighted by atomic mass is 9.95. The minimum atomic E-state index is -0.341. The summed E-state index contributed by atoms with van der Waals surface area (Å²) in [5.41, 5.74) is 1.78. The number of nitrogens with one attached hydrogen (secondary N) is 2. The molecule has 1 amide bonds. The van der Waals surface area contributed by atoms with Crippen LogP contribution in [0.5, 0.6) is 0 Å². The summed E-state index contributed by atoms with van der Waals surface area (Å²) in [5, 5.41) is 18.8. The second-order valence-electron chi connectivity index (χ2n) is 5.53. The van der Waals surface area contributed by atoms with Gasteiger partial charge in [0, 0.05) is 24.1 Å². The van der Waals surface area contributed by atoms with Crippen LogP contribution < -0.4 is 5.32 Å². The second kappa shape index (κ2) is 5.88. The molecule has 1 aromatic carbocycles. The Morgan fingerprint density at radius 3 is 2.70 bits per heavy atom. The molecule has 0 unspecified atom stereocenters. The molecule has 3 N–H and O–H groups in total. The number of hydrogen-bond acceptors (Lipinski definition) is 3. The predicted molar refractivity (Wildman–Crippen MR) is 77.2 cm³/mol. The lowest BCUT2D eigenvalue weighted by Gasteiger charge is -2.21. The van der Waals surface area contributed by atoms with Crippen molar-refractivity contribution in [2.24, 2.45) is 5.41 Å². The molecule has 0 fully saturated rings.